The molecule has 4 heteroatoms. The SMILES string of the molecule is Cc1cc(C)c2nc(-c3ccccc3Cl)nc(Cl)c2c1. The molecule has 0 bridgehead atoms. The van der Waals surface area contributed by atoms with Crippen molar-refractivity contribution in [1.82, 2.24) is 9.97 Å². The molecule has 0 amide bonds. The molecule has 2 nitrogen and oxygen atoms in total. The van der Waals surface area contributed by atoms with Gasteiger partial charge in [-0.1, -0.05) is 47.0 Å². The molecule has 3 aromatic rings. The number of fused-ring (bicyclic) bond motifs is 1. The topological polar surface area (TPSA) is 25.8 Å². The fraction of sp³-hybridized carbons (Fsp3) is 0.125. The molecule has 0 aliphatic heterocycles. The first-order chi connectivity index (χ1) is 9.56. The molecule has 0 N–H and O–H groups in total. The smallest absolute Gasteiger partial charge is 0.163 e. The van der Waals surface area contributed by atoms with Gasteiger partial charge in [0.1, 0.15) is 5.15 Å². The zero-order valence-electron chi connectivity index (χ0n) is 11.1. The number of hydrogen-bond donors (Lipinski definition) is 0. The third-order valence-corrected chi connectivity index (χ3v) is 3.82. The van der Waals surface area contributed by atoms with Crippen molar-refractivity contribution in [2.75, 3.05) is 0 Å². The van der Waals surface area contributed by atoms with Gasteiger partial charge in [-0.25, -0.2) is 9.97 Å². The van der Waals surface area contributed by atoms with Gasteiger partial charge in [-0.2, -0.15) is 0 Å². The Balaban J connectivity index is 2.33. The van der Waals surface area contributed by atoms with Crippen molar-refractivity contribution in [2.45, 2.75) is 13.8 Å². The van der Waals surface area contributed by atoms with Gasteiger partial charge >= 0.3 is 0 Å². The highest BCUT2D eigenvalue weighted by Crippen LogP contribution is 2.30. The normalized spacial score (nSPS) is 11.0. The molecule has 2 aromatic carbocycles. The summed E-state index contributed by atoms with van der Waals surface area (Å²) in [5, 5.41) is 1.95. The Labute approximate surface area is 127 Å². The second-order valence-electron chi connectivity index (χ2n) is 4.80. The minimum absolute atomic E-state index is 0.455. The lowest BCUT2D eigenvalue weighted by Crippen LogP contribution is -1.95. The van der Waals surface area contributed by atoms with Crippen molar-refractivity contribution in [3.05, 3.63) is 57.7 Å². The van der Waals surface area contributed by atoms with Crippen molar-refractivity contribution < 1.29 is 0 Å². The van der Waals surface area contributed by atoms with Crippen molar-refractivity contribution in [2.24, 2.45) is 0 Å². The van der Waals surface area contributed by atoms with Crippen LogP contribution in [0.15, 0.2) is 36.4 Å². The molecule has 0 fully saturated rings. The van der Waals surface area contributed by atoms with E-state index in [0.717, 1.165) is 27.6 Å². The minimum atomic E-state index is 0.455. The number of halogens is 2. The second kappa shape index (κ2) is 5.04. The van der Waals surface area contributed by atoms with Crippen molar-refractivity contribution >= 4 is 34.1 Å². The van der Waals surface area contributed by atoms with E-state index < -0.39 is 0 Å². The third-order valence-electron chi connectivity index (χ3n) is 3.20. The molecule has 0 aliphatic carbocycles. The Bertz CT molecular complexity index is 813. The van der Waals surface area contributed by atoms with Gasteiger partial charge in [0.15, 0.2) is 5.82 Å². The third kappa shape index (κ3) is 2.26. The van der Waals surface area contributed by atoms with Crippen LogP contribution in [-0.2, 0) is 0 Å². The molecule has 1 heterocycles. The summed E-state index contributed by atoms with van der Waals surface area (Å²) in [6.07, 6.45) is 0. The molecule has 0 radical (unpaired) electrons. The van der Waals surface area contributed by atoms with E-state index in [2.05, 4.69) is 16.0 Å². The summed E-state index contributed by atoms with van der Waals surface area (Å²) in [7, 11) is 0. The van der Waals surface area contributed by atoms with E-state index in [0.29, 0.717) is 16.0 Å². The number of rotatable bonds is 1. The van der Waals surface area contributed by atoms with Crippen LogP contribution >= 0.6 is 23.2 Å². The fourth-order valence-corrected chi connectivity index (χ4v) is 2.76. The molecule has 0 atom stereocenters. The molecule has 20 heavy (non-hydrogen) atoms. The van der Waals surface area contributed by atoms with Gasteiger partial charge in [-0.3, -0.25) is 0 Å². The molecule has 0 saturated carbocycles. The van der Waals surface area contributed by atoms with Crippen LogP contribution in [0.3, 0.4) is 0 Å². The van der Waals surface area contributed by atoms with Crippen molar-refractivity contribution in [3.8, 4) is 11.4 Å². The van der Waals surface area contributed by atoms with Crippen LogP contribution < -0.4 is 0 Å². The number of benzene rings is 2. The van der Waals surface area contributed by atoms with Crippen LogP contribution in [0.1, 0.15) is 11.1 Å². The number of nitrogens with zero attached hydrogens (tertiary/aromatic N) is 2. The molecule has 0 saturated heterocycles. The highest BCUT2D eigenvalue weighted by Gasteiger charge is 2.12. The van der Waals surface area contributed by atoms with Gasteiger partial charge in [0, 0.05) is 10.9 Å². The van der Waals surface area contributed by atoms with Crippen molar-refractivity contribution in [1.29, 1.82) is 0 Å². The molecule has 0 spiro atoms. The van der Waals surface area contributed by atoms with Gasteiger partial charge < -0.3 is 0 Å². The average Bonchev–Trinajstić information content (AvgIpc) is 2.40. The molecule has 0 unspecified atom stereocenters. The average molecular weight is 303 g/mol. The quantitative estimate of drug-likeness (QED) is 0.576. The van der Waals surface area contributed by atoms with Crippen LogP contribution in [0.2, 0.25) is 10.2 Å². The first-order valence-corrected chi connectivity index (χ1v) is 7.01. The lowest BCUT2D eigenvalue weighted by molar-refractivity contribution is 1.21. The van der Waals surface area contributed by atoms with E-state index in [-0.39, 0.29) is 0 Å². The molecule has 100 valence electrons. The zero-order valence-corrected chi connectivity index (χ0v) is 12.6. The Hall–Kier alpha value is -1.64. The summed E-state index contributed by atoms with van der Waals surface area (Å²) in [5.41, 5.74) is 3.88. The van der Waals surface area contributed by atoms with Gasteiger partial charge in [-0.15, -0.1) is 0 Å². The zero-order chi connectivity index (χ0) is 14.3. The molecular weight excluding hydrogens is 291 g/mol. The summed E-state index contributed by atoms with van der Waals surface area (Å²) in [4.78, 5) is 9.01. The maximum atomic E-state index is 6.31. The van der Waals surface area contributed by atoms with E-state index >= 15 is 0 Å². The fourth-order valence-electron chi connectivity index (χ4n) is 2.31. The predicted molar refractivity (Wildman–Crippen MR) is 84.5 cm³/mol. The molecular formula is C16H12Cl2N2. The maximum absolute atomic E-state index is 6.31. The van der Waals surface area contributed by atoms with E-state index in [9.17, 15) is 0 Å². The van der Waals surface area contributed by atoms with Crippen LogP contribution in [0.25, 0.3) is 22.3 Å². The standard InChI is InChI=1S/C16H12Cl2N2/c1-9-7-10(2)14-12(8-9)15(18)20-16(19-14)11-5-3-4-6-13(11)17/h3-8H,1-2H3. The van der Waals surface area contributed by atoms with Crippen molar-refractivity contribution in [3.63, 3.8) is 0 Å². The first-order valence-electron chi connectivity index (χ1n) is 6.25. The summed E-state index contributed by atoms with van der Waals surface area (Å²) in [6, 6.07) is 11.6. The Kier molecular flexibility index (Phi) is 3.36. The lowest BCUT2D eigenvalue weighted by Gasteiger charge is -2.09. The van der Waals surface area contributed by atoms with E-state index in [1.54, 1.807) is 0 Å². The van der Waals surface area contributed by atoms with Crippen LogP contribution in [0.5, 0.6) is 0 Å². The molecule has 0 aliphatic rings. The maximum Gasteiger partial charge on any atom is 0.163 e. The minimum Gasteiger partial charge on any atom is -0.228 e. The molecule has 3 rings (SSSR count). The highest BCUT2D eigenvalue weighted by atomic mass is 35.5. The Morgan fingerprint density at radius 2 is 1.70 bits per heavy atom. The summed E-state index contributed by atoms with van der Waals surface area (Å²) < 4.78 is 0. The van der Waals surface area contributed by atoms with E-state index in [4.69, 9.17) is 23.2 Å². The number of hydrogen-bond acceptors (Lipinski definition) is 2. The predicted octanol–water partition coefficient (Wildman–Crippen LogP) is 5.22. The van der Waals surface area contributed by atoms with Crippen LogP contribution in [0, 0.1) is 13.8 Å². The van der Waals surface area contributed by atoms with E-state index in [1.807, 2.05) is 44.2 Å². The lowest BCUT2D eigenvalue weighted by atomic mass is 10.1. The van der Waals surface area contributed by atoms with Gasteiger partial charge in [0.05, 0.1) is 10.5 Å². The van der Waals surface area contributed by atoms with Gasteiger partial charge in [0.2, 0.25) is 0 Å². The van der Waals surface area contributed by atoms with Crippen LogP contribution in [0.4, 0.5) is 0 Å². The Morgan fingerprint density at radius 3 is 2.45 bits per heavy atom. The highest BCUT2D eigenvalue weighted by molar-refractivity contribution is 6.35. The largest absolute Gasteiger partial charge is 0.228 e. The monoisotopic (exact) mass is 302 g/mol. The second-order valence-corrected chi connectivity index (χ2v) is 5.56. The van der Waals surface area contributed by atoms with Crippen LogP contribution in [-0.4, -0.2) is 9.97 Å². The number of aryl methyl sites for hydroxylation is 2. The van der Waals surface area contributed by atoms with Gasteiger partial charge in [0.25, 0.3) is 0 Å². The van der Waals surface area contributed by atoms with Gasteiger partial charge in [-0.05, 0) is 37.6 Å². The van der Waals surface area contributed by atoms with E-state index in [1.165, 1.54) is 0 Å². The number of aromatic nitrogens is 2. The Morgan fingerprint density at radius 1 is 0.950 bits per heavy atom. The summed E-state index contributed by atoms with van der Waals surface area (Å²) >= 11 is 12.5. The molecule has 1 aromatic heterocycles. The first kappa shape index (κ1) is 13.3. The summed E-state index contributed by atoms with van der Waals surface area (Å²) in [5.74, 6) is 0.556. The summed E-state index contributed by atoms with van der Waals surface area (Å²) in [6.45, 7) is 4.06.